The third-order valence-electron chi connectivity index (χ3n) is 6.14. The van der Waals surface area contributed by atoms with Gasteiger partial charge < -0.3 is 9.80 Å². The van der Waals surface area contributed by atoms with Crippen molar-refractivity contribution in [2.45, 2.75) is 45.1 Å². The molecule has 0 spiro atoms. The van der Waals surface area contributed by atoms with E-state index in [1.165, 1.54) is 0 Å². The molecule has 0 radical (unpaired) electrons. The lowest BCUT2D eigenvalue weighted by Gasteiger charge is -2.42. The zero-order valence-electron chi connectivity index (χ0n) is 17.4. The molecule has 160 valence electrons. The highest BCUT2D eigenvalue weighted by molar-refractivity contribution is 5.94. The van der Waals surface area contributed by atoms with E-state index in [2.05, 4.69) is 11.8 Å². The Morgan fingerprint density at radius 1 is 1.07 bits per heavy atom. The number of hydrogen-bond donors (Lipinski definition) is 0. The van der Waals surface area contributed by atoms with Crippen LogP contribution in [-0.4, -0.2) is 72.3 Å². The van der Waals surface area contributed by atoms with E-state index in [1.807, 2.05) is 11.9 Å². The number of benzene rings is 1. The summed E-state index contributed by atoms with van der Waals surface area (Å²) in [7, 11) is 1.87. The number of nitrogens with zero attached hydrogens (tertiary/aromatic N) is 3. The van der Waals surface area contributed by atoms with Crippen LogP contribution in [0, 0.1) is 17.6 Å². The molecule has 1 saturated carbocycles. The van der Waals surface area contributed by atoms with Crippen LogP contribution in [0.4, 0.5) is 8.78 Å². The minimum Gasteiger partial charge on any atom is -0.344 e. The van der Waals surface area contributed by atoms with Crippen molar-refractivity contribution < 1.29 is 18.4 Å². The summed E-state index contributed by atoms with van der Waals surface area (Å²) in [6.45, 7) is 4.89. The van der Waals surface area contributed by atoms with Crippen molar-refractivity contribution in [3.05, 3.63) is 35.4 Å². The number of amides is 2. The molecule has 1 aromatic carbocycles. The fourth-order valence-electron chi connectivity index (χ4n) is 4.66. The van der Waals surface area contributed by atoms with E-state index in [0.717, 1.165) is 56.8 Å². The highest BCUT2D eigenvalue weighted by atomic mass is 19.1. The van der Waals surface area contributed by atoms with E-state index >= 15 is 0 Å². The maximum atomic E-state index is 13.5. The molecule has 3 rings (SSSR count). The summed E-state index contributed by atoms with van der Waals surface area (Å²) in [6, 6.07) is 2.77. The Hall–Kier alpha value is -2.02. The summed E-state index contributed by atoms with van der Waals surface area (Å²) >= 11 is 0. The Morgan fingerprint density at radius 3 is 2.21 bits per heavy atom. The lowest BCUT2D eigenvalue weighted by molar-refractivity contribution is -0.138. The van der Waals surface area contributed by atoms with Crippen molar-refractivity contribution in [3.8, 4) is 0 Å². The average Bonchev–Trinajstić information content (AvgIpc) is 3.22. The molecule has 2 aliphatic rings. The van der Waals surface area contributed by atoms with Gasteiger partial charge in [-0.2, -0.15) is 0 Å². The Kier molecular flexibility index (Phi) is 7.22. The molecule has 5 nitrogen and oxygen atoms in total. The smallest absolute Gasteiger partial charge is 0.254 e. The van der Waals surface area contributed by atoms with Crippen LogP contribution in [0.3, 0.4) is 0 Å². The van der Waals surface area contributed by atoms with Gasteiger partial charge in [-0.25, -0.2) is 8.78 Å². The maximum Gasteiger partial charge on any atom is 0.254 e. The second kappa shape index (κ2) is 9.65. The van der Waals surface area contributed by atoms with Crippen LogP contribution in [0.15, 0.2) is 18.2 Å². The normalized spacial score (nSPS) is 19.4. The monoisotopic (exact) mass is 407 g/mol. The first-order valence-electron chi connectivity index (χ1n) is 10.6. The molecule has 1 aliphatic heterocycles. The number of carbonyl (C=O) groups is 2. The zero-order chi connectivity index (χ0) is 21.0. The first-order valence-corrected chi connectivity index (χ1v) is 10.6. The summed E-state index contributed by atoms with van der Waals surface area (Å²) in [6.07, 6.45) is 5.38. The minimum absolute atomic E-state index is 0.0297. The lowest BCUT2D eigenvalue weighted by atomic mass is 9.94. The van der Waals surface area contributed by atoms with E-state index in [0.29, 0.717) is 32.1 Å². The van der Waals surface area contributed by atoms with Gasteiger partial charge in [-0.15, -0.1) is 0 Å². The van der Waals surface area contributed by atoms with Crippen molar-refractivity contribution >= 4 is 11.8 Å². The molecular weight excluding hydrogens is 376 g/mol. The molecular formula is C22H31F2N3O2. The van der Waals surface area contributed by atoms with Gasteiger partial charge in [0, 0.05) is 51.4 Å². The molecule has 1 saturated heterocycles. The largest absolute Gasteiger partial charge is 0.344 e. The number of rotatable bonds is 6. The van der Waals surface area contributed by atoms with Crippen molar-refractivity contribution in [1.29, 1.82) is 0 Å². The highest BCUT2D eigenvalue weighted by Gasteiger charge is 2.38. The van der Waals surface area contributed by atoms with Crippen molar-refractivity contribution in [2.24, 2.45) is 5.92 Å². The summed E-state index contributed by atoms with van der Waals surface area (Å²) in [5.41, 5.74) is 0.0297. The maximum absolute atomic E-state index is 13.5. The fraction of sp³-hybridized carbons (Fsp3) is 0.636. The Balaban J connectivity index is 1.67. The quantitative estimate of drug-likeness (QED) is 0.728. The second-order valence-electron chi connectivity index (χ2n) is 8.24. The first-order chi connectivity index (χ1) is 13.9. The van der Waals surface area contributed by atoms with E-state index < -0.39 is 11.6 Å². The van der Waals surface area contributed by atoms with Gasteiger partial charge in [0.1, 0.15) is 11.6 Å². The van der Waals surface area contributed by atoms with Gasteiger partial charge >= 0.3 is 0 Å². The molecule has 1 atom stereocenters. The van der Waals surface area contributed by atoms with Crippen molar-refractivity contribution in [1.82, 2.24) is 14.7 Å². The number of carbonyl (C=O) groups excluding carboxylic acids is 2. The molecule has 2 amide bonds. The molecule has 0 bridgehead atoms. The van der Waals surface area contributed by atoms with Crippen LogP contribution < -0.4 is 0 Å². The van der Waals surface area contributed by atoms with E-state index in [-0.39, 0.29) is 23.4 Å². The number of hydrogen-bond acceptors (Lipinski definition) is 3. The van der Waals surface area contributed by atoms with Gasteiger partial charge in [0.2, 0.25) is 5.91 Å². The molecule has 0 N–H and O–H groups in total. The molecule has 1 heterocycles. The lowest BCUT2D eigenvalue weighted by Crippen LogP contribution is -2.58. The molecule has 1 unspecified atom stereocenters. The van der Waals surface area contributed by atoms with E-state index in [4.69, 9.17) is 0 Å². The van der Waals surface area contributed by atoms with Gasteiger partial charge in [0.05, 0.1) is 6.04 Å². The Labute approximate surface area is 171 Å². The summed E-state index contributed by atoms with van der Waals surface area (Å²) < 4.78 is 26.9. The third-order valence-corrected chi connectivity index (χ3v) is 6.14. The van der Waals surface area contributed by atoms with Gasteiger partial charge in [-0.05, 0) is 37.3 Å². The van der Waals surface area contributed by atoms with Crippen LogP contribution in [0.5, 0.6) is 0 Å². The molecule has 2 fully saturated rings. The molecule has 1 aromatic rings. The van der Waals surface area contributed by atoms with Crippen LogP contribution in [-0.2, 0) is 4.79 Å². The zero-order valence-corrected chi connectivity index (χ0v) is 17.4. The van der Waals surface area contributed by atoms with Crippen LogP contribution in [0.1, 0.15) is 49.4 Å². The van der Waals surface area contributed by atoms with Gasteiger partial charge in [0.15, 0.2) is 0 Å². The Bertz CT molecular complexity index is 709. The third kappa shape index (κ3) is 5.13. The highest BCUT2D eigenvalue weighted by Crippen LogP contribution is 2.32. The topological polar surface area (TPSA) is 43.9 Å². The molecule has 0 aromatic heterocycles. The first kappa shape index (κ1) is 21.7. The SMILES string of the molecule is CCCN(C)C(=O)C(C1CCCC1)N1CCN(C(=O)c2cc(F)cc(F)c2)CC1. The standard InChI is InChI=1S/C22H31F2N3O2/c1-3-8-25(2)22(29)20(16-6-4-5-7-16)26-9-11-27(12-10-26)21(28)17-13-18(23)15-19(24)14-17/h13-16,20H,3-12H2,1-2H3. The van der Waals surface area contributed by atoms with E-state index in [1.54, 1.807) is 4.90 Å². The minimum atomic E-state index is -0.752. The number of piperazine rings is 1. The summed E-state index contributed by atoms with van der Waals surface area (Å²) in [5.74, 6) is -1.34. The predicted octanol–water partition coefficient (Wildman–Crippen LogP) is 3.15. The van der Waals surface area contributed by atoms with Gasteiger partial charge in [0.25, 0.3) is 5.91 Å². The molecule has 1 aliphatic carbocycles. The molecule has 7 heteroatoms. The average molecular weight is 408 g/mol. The van der Waals surface area contributed by atoms with E-state index in [9.17, 15) is 18.4 Å². The van der Waals surface area contributed by atoms with Crippen LogP contribution >= 0.6 is 0 Å². The fourth-order valence-corrected chi connectivity index (χ4v) is 4.66. The summed E-state index contributed by atoms with van der Waals surface area (Å²) in [4.78, 5) is 31.5. The summed E-state index contributed by atoms with van der Waals surface area (Å²) in [5, 5.41) is 0. The second-order valence-corrected chi connectivity index (χ2v) is 8.24. The van der Waals surface area contributed by atoms with Crippen LogP contribution in [0.25, 0.3) is 0 Å². The molecule has 29 heavy (non-hydrogen) atoms. The Morgan fingerprint density at radius 2 is 1.66 bits per heavy atom. The van der Waals surface area contributed by atoms with Crippen molar-refractivity contribution in [2.75, 3.05) is 39.8 Å². The van der Waals surface area contributed by atoms with Crippen molar-refractivity contribution in [3.63, 3.8) is 0 Å². The number of likely N-dealkylation sites (N-methyl/N-ethyl adjacent to an activating group) is 1. The van der Waals surface area contributed by atoms with Gasteiger partial charge in [-0.1, -0.05) is 19.8 Å². The predicted molar refractivity (Wildman–Crippen MR) is 108 cm³/mol. The number of halogens is 2. The van der Waals surface area contributed by atoms with Crippen LogP contribution in [0.2, 0.25) is 0 Å². The van der Waals surface area contributed by atoms with Gasteiger partial charge in [-0.3, -0.25) is 14.5 Å².